The molecule has 7 nitrogen and oxygen atoms in total. The van der Waals surface area contributed by atoms with Gasteiger partial charge < -0.3 is 20.1 Å². The van der Waals surface area contributed by atoms with Crippen molar-refractivity contribution in [2.75, 3.05) is 24.9 Å². The van der Waals surface area contributed by atoms with E-state index in [9.17, 15) is 4.79 Å². The minimum atomic E-state index is -0.303. The Morgan fingerprint density at radius 2 is 1.60 bits per heavy atom. The molecule has 0 saturated heterocycles. The molecule has 2 N–H and O–H groups in total. The zero-order valence-corrected chi connectivity index (χ0v) is 14.4. The number of methoxy groups -OCH3 is 2. The number of carbonyl (C=O) groups excluding carboxylic acids is 1. The summed E-state index contributed by atoms with van der Waals surface area (Å²) in [5.41, 5.74) is 0.422. The number of anilines is 2. The average Bonchev–Trinajstić information content (AvgIpc) is 3.15. The zero-order chi connectivity index (χ0) is 17.6. The minimum Gasteiger partial charge on any atom is -0.497 e. The van der Waals surface area contributed by atoms with Gasteiger partial charge in [0.25, 0.3) is 5.91 Å². The summed E-state index contributed by atoms with van der Waals surface area (Å²) in [6.45, 7) is 0. The predicted molar refractivity (Wildman–Crippen MR) is 95.4 cm³/mol. The number of nitrogens with zero attached hydrogens (tertiary/aromatic N) is 2. The molecule has 0 radical (unpaired) electrons. The van der Waals surface area contributed by atoms with Crippen LogP contribution in [0.1, 0.15) is 36.0 Å². The summed E-state index contributed by atoms with van der Waals surface area (Å²) in [5.74, 6) is 1.91. The Morgan fingerprint density at radius 1 is 1.00 bits per heavy atom. The lowest BCUT2D eigenvalue weighted by molar-refractivity contribution is 0.102. The first-order valence-corrected chi connectivity index (χ1v) is 8.32. The van der Waals surface area contributed by atoms with E-state index < -0.39 is 0 Å². The molecule has 0 atom stereocenters. The molecule has 0 aliphatic heterocycles. The second kappa shape index (κ2) is 7.83. The van der Waals surface area contributed by atoms with Crippen LogP contribution in [0.25, 0.3) is 0 Å². The van der Waals surface area contributed by atoms with Crippen LogP contribution in [0.4, 0.5) is 11.6 Å². The van der Waals surface area contributed by atoms with Gasteiger partial charge in [0.2, 0.25) is 0 Å². The molecule has 0 spiro atoms. The normalized spacial score (nSPS) is 14.2. The number of rotatable bonds is 6. The summed E-state index contributed by atoms with van der Waals surface area (Å²) < 4.78 is 10.4. The van der Waals surface area contributed by atoms with Crippen LogP contribution in [0, 0.1) is 0 Å². The third-order valence-electron chi connectivity index (χ3n) is 4.23. The van der Waals surface area contributed by atoms with Crippen LogP contribution < -0.4 is 20.1 Å². The van der Waals surface area contributed by atoms with E-state index in [1.165, 1.54) is 27.1 Å². The van der Waals surface area contributed by atoms with Gasteiger partial charge >= 0.3 is 0 Å². The molecule has 1 aliphatic carbocycles. The van der Waals surface area contributed by atoms with Crippen LogP contribution in [0.2, 0.25) is 0 Å². The minimum absolute atomic E-state index is 0.303. The van der Waals surface area contributed by atoms with E-state index in [0.717, 1.165) is 18.7 Å². The molecule has 1 aromatic carbocycles. The number of benzene rings is 1. The van der Waals surface area contributed by atoms with Crippen LogP contribution in [0.5, 0.6) is 11.5 Å². The number of hydrogen-bond acceptors (Lipinski definition) is 6. The Morgan fingerprint density at radius 3 is 2.16 bits per heavy atom. The van der Waals surface area contributed by atoms with Gasteiger partial charge in [-0.3, -0.25) is 4.79 Å². The number of nitrogens with one attached hydrogen (secondary N) is 2. The fraction of sp³-hybridized carbons (Fsp3) is 0.389. The largest absolute Gasteiger partial charge is 0.497 e. The maximum absolute atomic E-state index is 12.4. The van der Waals surface area contributed by atoms with Gasteiger partial charge in [0, 0.05) is 17.7 Å². The maximum Gasteiger partial charge on any atom is 0.257 e. The van der Waals surface area contributed by atoms with Crippen LogP contribution in [-0.2, 0) is 0 Å². The van der Waals surface area contributed by atoms with E-state index in [2.05, 4.69) is 20.8 Å². The first-order chi connectivity index (χ1) is 12.2. The van der Waals surface area contributed by atoms with Gasteiger partial charge in [-0.15, -0.1) is 10.2 Å². The van der Waals surface area contributed by atoms with Crippen LogP contribution >= 0.6 is 0 Å². The lowest BCUT2D eigenvalue weighted by atomic mass is 10.2. The molecule has 1 amide bonds. The van der Waals surface area contributed by atoms with Gasteiger partial charge in [0.15, 0.2) is 5.82 Å². The van der Waals surface area contributed by atoms with Crippen molar-refractivity contribution in [3.63, 3.8) is 0 Å². The SMILES string of the molecule is COc1cc(OC)cc(C(=O)Nc2ccc(NC3CCCC3)nn2)c1. The number of ether oxygens (including phenoxy) is 2. The fourth-order valence-corrected chi connectivity index (χ4v) is 2.88. The number of amides is 1. The molecule has 1 saturated carbocycles. The second-order valence-corrected chi connectivity index (χ2v) is 5.98. The Hall–Kier alpha value is -2.83. The zero-order valence-electron chi connectivity index (χ0n) is 14.4. The molecule has 1 heterocycles. The summed E-state index contributed by atoms with van der Waals surface area (Å²) in [6.07, 6.45) is 4.84. The standard InChI is InChI=1S/C18H22N4O3/c1-24-14-9-12(10-15(11-14)25-2)18(23)20-17-8-7-16(21-22-17)19-13-5-3-4-6-13/h7-11,13H,3-6H2,1-2H3,(H,19,21)(H,20,22,23). The fourth-order valence-electron chi connectivity index (χ4n) is 2.88. The molecule has 7 heteroatoms. The first-order valence-electron chi connectivity index (χ1n) is 8.32. The highest BCUT2D eigenvalue weighted by molar-refractivity contribution is 6.04. The van der Waals surface area contributed by atoms with Gasteiger partial charge in [0.05, 0.1) is 14.2 Å². The Kier molecular flexibility index (Phi) is 5.33. The van der Waals surface area contributed by atoms with Crippen molar-refractivity contribution in [2.45, 2.75) is 31.7 Å². The van der Waals surface area contributed by atoms with Crippen molar-refractivity contribution >= 4 is 17.5 Å². The van der Waals surface area contributed by atoms with E-state index in [0.29, 0.717) is 28.9 Å². The second-order valence-electron chi connectivity index (χ2n) is 5.98. The summed E-state index contributed by atoms with van der Waals surface area (Å²) in [5, 5.41) is 14.3. The quantitative estimate of drug-likeness (QED) is 0.839. The molecule has 25 heavy (non-hydrogen) atoms. The predicted octanol–water partition coefficient (Wildman–Crippen LogP) is 3.10. The highest BCUT2D eigenvalue weighted by Crippen LogP contribution is 2.23. The first kappa shape index (κ1) is 17.0. The molecular formula is C18H22N4O3. The van der Waals surface area contributed by atoms with Gasteiger partial charge in [-0.05, 0) is 37.1 Å². The van der Waals surface area contributed by atoms with E-state index in [1.54, 1.807) is 24.3 Å². The molecule has 1 aliphatic rings. The third kappa shape index (κ3) is 4.37. The summed E-state index contributed by atoms with van der Waals surface area (Å²) in [6, 6.07) is 9.02. The van der Waals surface area contributed by atoms with Gasteiger partial charge in [-0.25, -0.2) is 0 Å². The average molecular weight is 342 g/mol. The molecule has 132 valence electrons. The molecule has 2 aromatic rings. The lowest BCUT2D eigenvalue weighted by Crippen LogP contribution is -2.17. The molecule has 0 unspecified atom stereocenters. The van der Waals surface area contributed by atoms with Crippen molar-refractivity contribution in [2.24, 2.45) is 0 Å². The Balaban J connectivity index is 1.66. The van der Waals surface area contributed by atoms with E-state index in [1.807, 2.05) is 6.07 Å². The molecular weight excluding hydrogens is 320 g/mol. The number of hydrogen-bond donors (Lipinski definition) is 2. The lowest BCUT2D eigenvalue weighted by Gasteiger charge is -2.12. The van der Waals surface area contributed by atoms with Crippen molar-refractivity contribution in [3.05, 3.63) is 35.9 Å². The Bertz CT molecular complexity index is 705. The van der Waals surface area contributed by atoms with Crippen molar-refractivity contribution < 1.29 is 14.3 Å². The highest BCUT2D eigenvalue weighted by atomic mass is 16.5. The van der Waals surface area contributed by atoms with Crippen LogP contribution in [0.15, 0.2) is 30.3 Å². The summed E-state index contributed by atoms with van der Waals surface area (Å²) in [4.78, 5) is 12.4. The molecule has 1 aromatic heterocycles. The number of aromatic nitrogens is 2. The van der Waals surface area contributed by atoms with E-state index in [-0.39, 0.29) is 5.91 Å². The molecule has 1 fully saturated rings. The maximum atomic E-state index is 12.4. The highest BCUT2D eigenvalue weighted by Gasteiger charge is 2.15. The van der Waals surface area contributed by atoms with Crippen molar-refractivity contribution in [1.82, 2.24) is 10.2 Å². The summed E-state index contributed by atoms with van der Waals surface area (Å²) >= 11 is 0. The third-order valence-corrected chi connectivity index (χ3v) is 4.23. The monoisotopic (exact) mass is 342 g/mol. The van der Waals surface area contributed by atoms with E-state index >= 15 is 0 Å². The smallest absolute Gasteiger partial charge is 0.257 e. The van der Waals surface area contributed by atoms with Gasteiger partial charge in [-0.1, -0.05) is 12.8 Å². The van der Waals surface area contributed by atoms with Crippen LogP contribution in [0.3, 0.4) is 0 Å². The van der Waals surface area contributed by atoms with E-state index in [4.69, 9.17) is 9.47 Å². The van der Waals surface area contributed by atoms with Crippen LogP contribution in [-0.4, -0.2) is 36.4 Å². The molecule has 0 bridgehead atoms. The Labute approximate surface area is 146 Å². The van der Waals surface area contributed by atoms with Crippen molar-refractivity contribution in [3.8, 4) is 11.5 Å². The van der Waals surface area contributed by atoms with Crippen molar-refractivity contribution in [1.29, 1.82) is 0 Å². The molecule has 3 rings (SSSR count). The summed E-state index contributed by atoms with van der Waals surface area (Å²) in [7, 11) is 3.08. The topological polar surface area (TPSA) is 85.4 Å². The van der Waals surface area contributed by atoms with Gasteiger partial charge in [0.1, 0.15) is 17.3 Å². The number of carbonyl (C=O) groups is 1. The van der Waals surface area contributed by atoms with Gasteiger partial charge in [-0.2, -0.15) is 0 Å².